The number of methoxy groups -OCH3 is 1. The maximum atomic E-state index is 13.4. The van der Waals surface area contributed by atoms with E-state index in [1.807, 2.05) is 17.6 Å². The van der Waals surface area contributed by atoms with E-state index < -0.39 is 11.6 Å². The molecule has 1 saturated heterocycles. The Kier molecular flexibility index (Phi) is 5.28. The van der Waals surface area contributed by atoms with E-state index in [0.29, 0.717) is 24.7 Å². The monoisotopic (exact) mass is 401 g/mol. The molecule has 0 atom stereocenters. The highest BCUT2D eigenvalue weighted by molar-refractivity contribution is 5.44. The largest absolute Gasteiger partial charge is 0.490 e. The molecule has 0 radical (unpaired) electrons. The summed E-state index contributed by atoms with van der Waals surface area (Å²) in [6.07, 6.45) is 3.10. The van der Waals surface area contributed by atoms with Crippen LogP contribution in [0.2, 0.25) is 0 Å². The van der Waals surface area contributed by atoms with E-state index in [0.717, 1.165) is 42.4 Å². The number of rotatable bonds is 5. The van der Waals surface area contributed by atoms with Crippen LogP contribution in [0.3, 0.4) is 0 Å². The number of aryl methyl sites for hydroxylation is 1. The van der Waals surface area contributed by atoms with Gasteiger partial charge in [-0.05, 0) is 25.1 Å². The molecule has 0 unspecified atom stereocenters. The van der Waals surface area contributed by atoms with Gasteiger partial charge in [-0.25, -0.2) is 13.8 Å². The molecule has 1 aliphatic heterocycles. The van der Waals surface area contributed by atoms with Crippen LogP contribution in [0.1, 0.15) is 18.7 Å². The minimum atomic E-state index is -0.906. The standard InChI is InChI=1S/C20H21F2N5O2/c1-13-24-25-20(27(13)14-3-6-19(28-2)23-12-14)26-9-7-15(8-10-26)29-16-4-5-17(21)18(22)11-16/h3-6,11-12,15H,7-10H2,1-2H3. The number of anilines is 1. The average Bonchev–Trinajstić information content (AvgIpc) is 3.13. The van der Waals surface area contributed by atoms with Gasteiger partial charge in [0.05, 0.1) is 19.0 Å². The Morgan fingerprint density at radius 2 is 1.83 bits per heavy atom. The number of nitrogens with zero attached hydrogens (tertiary/aromatic N) is 5. The van der Waals surface area contributed by atoms with Crippen molar-refractivity contribution in [2.75, 3.05) is 25.1 Å². The fourth-order valence-corrected chi connectivity index (χ4v) is 3.40. The summed E-state index contributed by atoms with van der Waals surface area (Å²) < 4.78 is 39.3. The maximum absolute atomic E-state index is 13.4. The van der Waals surface area contributed by atoms with Gasteiger partial charge in [-0.15, -0.1) is 10.2 Å². The van der Waals surface area contributed by atoms with Gasteiger partial charge in [-0.2, -0.15) is 0 Å². The van der Waals surface area contributed by atoms with Gasteiger partial charge < -0.3 is 14.4 Å². The Morgan fingerprint density at radius 3 is 2.48 bits per heavy atom. The molecule has 0 bridgehead atoms. The third-order valence-corrected chi connectivity index (χ3v) is 4.91. The minimum absolute atomic E-state index is 0.0729. The molecular weight excluding hydrogens is 380 g/mol. The van der Waals surface area contributed by atoms with E-state index in [4.69, 9.17) is 9.47 Å². The number of ether oxygens (including phenoxy) is 2. The summed E-state index contributed by atoms with van der Waals surface area (Å²) in [5.74, 6) is 0.585. The number of benzene rings is 1. The molecule has 29 heavy (non-hydrogen) atoms. The Balaban J connectivity index is 1.45. The second-order valence-electron chi connectivity index (χ2n) is 6.82. The van der Waals surface area contributed by atoms with Crippen molar-refractivity contribution in [3.63, 3.8) is 0 Å². The molecule has 1 aliphatic rings. The van der Waals surface area contributed by atoms with Crippen molar-refractivity contribution in [2.24, 2.45) is 0 Å². The number of aromatic nitrogens is 4. The molecular formula is C20H21F2N5O2. The van der Waals surface area contributed by atoms with Gasteiger partial charge in [0.25, 0.3) is 0 Å². The average molecular weight is 401 g/mol. The number of hydrogen-bond donors (Lipinski definition) is 0. The third-order valence-electron chi connectivity index (χ3n) is 4.91. The lowest BCUT2D eigenvalue weighted by atomic mass is 10.1. The van der Waals surface area contributed by atoms with Gasteiger partial charge in [0.2, 0.25) is 11.8 Å². The second-order valence-corrected chi connectivity index (χ2v) is 6.82. The van der Waals surface area contributed by atoms with Crippen LogP contribution in [0.4, 0.5) is 14.7 Å². The van der Waals surface area contributed by atoms with Crippen molar-refractivity contribution >= 4 is 5.95 Å². The highest BCUT2D eigenvalue weighted by Crippen LogP contribution is 2.26. The first-order valence-electron chi connectivity index (χ1n) is 9.34. The predicted molar refractivity (Wildman–Crippen MR) is 103 cm³/mol. The smallest absolute Gasteiger partial charge is 0.231 e. The third kappa shape index (κ3) is 3.98. The Morgan fingerprint density at radius 1 is 1.03 bits per heavy atom. The van der Waals surface area contributed by atoms with Crippen LogP contribution in [0.5, 0.6) is 11.6 Å². The summed E-state index contributed by atoms with van der Waals surface area (Å²) in [7, 11) is 1.57. The summed E-state index contributed by atoms with van der Waals surface area (Å²) in [6.45, 7) is 3.30. The van der Waals surface area contributed by atoms with Crippen LogP contribution >= 0.6 is 0 Å². The first-order valence-corrected chi connectivity index (χ1v) is 9.34. The van der Waals surface area contributed by atoms with Crippen molar-refractivity contribution in [1.82, 2.24) is 19.7 Å². The van der Waals surface area contributed by atoms with Gasteiger partial charge in [0.15, 0.2) is 11.6 Å². The second kappa shape index (κ2) is 8.02. The summed E-state index contributed by atoms with van der Waals surface area (Å²) in [6, 6.07) is 7.30. The number of halogens is 2. The zero-order chi connectivity index (χ0) is 20.4. The zero-order valence-corrected chi connectivity index (χ0v) is 16.2. The fraction of sp³-hybridized carbons (Fsp3) is 0.350. The lowest BCUT2D eigenvalue weighted by molar-refractivity contribution is 0.169. The summed E-state index contributed by atoms with van der Waals surface area (Å²) >= 11 is 0. The van der Waals surface area contributed by atoms with Gasteiger partial charge in [-0.3, -0.25) is 4.57 Å². The van der Waals surface area contributed by atoms with Crippen molar-refractivity contribution in [1.29, 1.82) is 0 Å². The van der Waals surface area contributed by atoms with Gasteiger partial charge in [0.1, 0.15) is 17.7 Å². The maximum Gasteiger partial charge on any atom is 0.231 e. The topological polar surface area (TPSA) is 65.3 Å². The van der Waals surface area contributed by atoms with E-state index in [2.05, 4.69) is 20.1 Å². The quantitative estimate of drug-likeness (QED) is 0.654. The molecule has 0 saturated carbocycles. The molecule has 7 nitrogen and oxygen atoms in total. The predicted octanol–water partition coefficient (Wildman–Crippen LogP) is 3.31. The van der Waals surface area contributed by atoms with Crippen LogP contribution in [0, 0.1) is 18.6 Å². The lowest BCUT2D eigenvalue weighted by Crippen LogP contribution is -2.39. The highest BCUT2D eigenvalue weighted by atomic mass is 19.2. The van der Waals surface area contributed by atoms with Crippen LogP contribution in [-0.4, -0.2) is 46.1 Å². The molecule has 9 heteroatoms. The summed E-state index contributed by atoms with van der Waals surface area (Å²) in [5, 5.41) is 8.56. The molecule has 4 rings (SSSR count). The fourth-order valence-electron chi connectivity index (χ4n) is 3.40. The first-order chi connectivity index (χ1) is 14.0. The minimum Gasteiger partial charge on any atom is -0.490 e. The molecule has 0 N–H and O–H groups in total. The van der Waals surface area contributed by atoms with E-state index in [1.54, 1.807) is 19.4 Å². The van der Waals surface area contributed by atoms with E-state index in [1.165, 1.54) is 6.07 Å². The number of hydrogen-bond acceptors (Lipinski definition) is 6. The van der Waals surface area contributed by atoms with E-state index in [9.17, 15) is 8.78 Å². The normalized spacial score (nSPS) is 14.8. The van der Waals surface area contributed by atoms with Crippen molar-refractivity contribution in [3.05, 3.63) is 54.0 Å². The van der Waals surface area contributed by atoms with Crippen molar-refractivity contribution < 1.29 is 18.3 Å². The molecule has 2 aromatic heterocycles. The van der Waals surface area contributed by atoms with E-state index >= 15 is 0 Å². The SMILES string of the molecule is COc1ccc(-n2c(C)nnc2N2CCC(Oc3ccc(F)c(F)c3)CC2)cn1. The van der Waals surface area contributed by atoms with Crippen molar-refractivity contribution in [2.45, 2.75) is 25.9 Å². The Labute approximate surface area is 166 Å². The first kappa shape index (κ1) is 19.1. The van der Waals surface area contributed by atoms with Crippen LogP contribution in [0.25, 0.3) is 5.69 Å². The lowest BCUT2D eigenvalue weighted by Gasteiger charge is -2.32. The summed E-state index contributed by atoms with van der Waals surface area (Å²) in [4.78, 5) is 6.39. The van der Waals surface area contributed by atoms with E-state index in [-0.39, 0.29) is 6.10 Å². The highest BCUT2D eigenvalue weighted by Gasteiger charge is 2.25. The number of piperidine rings is 1. The molecule has 3 heterocycles. The molecule has 0 aliphatic carbocycles. The Bertz CT molecular complexity index is 985. The molecule has 1 aromatic carbocycles. The van der Waals surface area contributed by atoms with Crippen LogP contribution in [0.15, 0.2) is 36.5 Å². The van der Waals surface area contributed by atoms with Gasteiger partial charge >= 0.3 is 0 Å². The van der Waals surface area contributed by atoms with Gasteiger partial charge in [-0.1, -0.05) is 0 Å². The van der Waals surface area contributed by atoms with Crippen LogP contribution < -0.4 is 14.4 Å². The van der Waals surface area contributed by atoms with Gasteiger partial charge in [0, 0.05) is 38.1 Å². The molecule has 0 spiro atoms. The molecule has 152 valence electrons. The summed E-state index contributed by atoms with van der Waals surface area (Å²) in [5.41, 5.74) is 0.850. The molecule has 0 amide bonds. The molecule has 1 fully saturated rings. The number of pyridine rings is 1. The Hall–Kier alpha value is -3.23. The van der Waals surface area contributed by atoms with Crippen LogP contribution in [-0.2, 0) is 0 Å². The van der Waals surface area contributed by atoms with Crippen molar-refractivity contribution in [3.8, 4) is 17.3 Å². The molecule has 3 aromatic rings. The zero-order valence-electron chi connectivity index (χ0n) is 16.2.